The van der Waals surface area contributed by atoms with Gasteiger partial charge in [-0.25, -0.2) is 14.2 Å². The molecule has 0 saturated heterocycles. The van der Waals surface area contributed by atoms with Crippen molar-refractivity contribution < 1.29 is 23.4 Å². The van der Waals surface area contributed by atoms with Crippen LogP contribution in [0.25, 0.3) is 16.8 Å². The summed E-state index contributed by atoms with van der Waals surface area (Å²) in [6.45, 7) is 7.75. The van der Waals surface area contributed by atoms with E-state index >= 15 is 0 Å². The summed E-state index contributed by atoms with van der Waals surface area (Å²) < 4.78 is 33.3. The van der Waals surface area contributed by atoms with Crippen molar-refractivity contribution in [2.24, 2.45) is 4.99 Å². The summed E-state index contributed by atoms with van der Waals surface area (Å²) in [5.41, 5.74) is 2.66. The Bertz CT molecular complexity index is 2150. The number of fused-ring (bicyclic) bond motifs is 2. The van der Waals surface area contributed by atoms with E-state index in [9.17, 15) is 14.0 Å². The molecule has 1 aliphatic heterocycles. The third kappa shape index (κ3) is 6.10. The van der Waals surface area contributed by atoms with Gasteiger partial charge >= 0.3 is 5.97 Å². The van der Waals surface area contributed by atoms with Crippen LogP contribution in [0.1, 0.15) is 50.4 Å². The van der Waals surface area contributed by atoms with Gasteiger partial charge in [-0.3, -0.25) is 9.36 Å². The number of hydrogen-bond acceptors (Lipinski definition) is 7. The number of allylic oxidation sites excluding steroid dienone is 1. The Hall–Kier alpha value is -5.02. The minimum absolute atomic E-state index is 0.132. The van der Waals surface area contributed by atoms with Crippen LogP contribution in [0.2, 0.25) is 0 Å². The molecule has 7 nitrogen and oxygen atoms in total. The Kier molecular flexibility index (Phi) is 8.85. The lowest BCUT2D eigenvalue weighted by atomic mass is 9.95. The summed E-state index contributed by atoms with van der Waals surface area (Å²) in [7, 11) is 0. The highest BCUT2D eigenvalue weighted by Crippen LogP contribution is 2.36. The van der Waals surface area contributed by atoms with Gasteiger partial charge in [0.25, 0.3) is 5.56 Å². The molecule has 234 valence electrons. The largest absolute Gasteiger partial charge is 0.491 e. The molecular weight excluding hydrogens is 603 g/mol. The van der Waals surface area contributed by atoms with Crippen LogP contribution in [0.3, 0.4) is 0 Å². The van der Waals surface area contributed by atoms with Crippen LogP contribution in [0.4, 0.5) is 4.39 Å². The maximum atomic E-state index is 14.4. The number of halogens is 1. The second kappa shape index (κ2) is 13.1. The zero-order valence-electron chi connectivity index (χ0n) is 26.0. The minimum Gasteiger partial charge on any atom is -0.491 e. The second-order valence-electron chi connectivity index (χ2n) is 11.1. The normalized spacial score (nSPS) is 14.7. The van der Waals surface area contributed by atoms with Crippen molar-refractivity contribution in [1.82, 2.24) is 4.57 Å². The Balaban J connectivity index is 1.54. The van der Waals surface area contributed by atoms with Gasteiger partial charge in [0.05, 0.1) is 28.5 Å². The summed E-state index contributed by atoms with van der Waals surface area (Å²) in [4.78, 5) is 33.0. The zero-order chi connectivity index (χ0) is 32.4. The number of benzene rings is 4. The maximum Gasteiger partial charge on any atom is 0.338 e. The Morgan fingerprint density at radius 1 is 1.00 bits per heavy atom. The van der Waals surface area contributed by atoms with Crippen LogP contribution >= 0.6 is 11.3 Å². The van der Waals surface area contributed by atoms with E-state index in [2.05, 4.69) is 0 Å². The molecule has 46 heavy (non-hydrogen) atoms. The van der Waals surface area contributed by atoms with Gasteiger partial charge in [-0.1, -0.05) is 72.0 Å². The molecule has 0 spiro atoms. The molecule has 0 N–H and O–H groups in total. The first-order valence-corrected chi connectivity index (χ1v) is 15.9. The highest BCUT2D eigenvalue weighted by atomic mass is 32.1. The predicted molar refractivity (Wildman–Crippen MR) is 177 cm³/mol. The number of nitrogens with zero attached hydrogens (tertiary/aromatic N) is 2. The highest BCUT2D eigenvalue weighted by Gasteiger charge is 2.35. The number of thiazole rings is 1. The van der Waals surface area contributed by atoms with Crippen molar-refractivity contribution in [3.8, 4) is 11.5 Å². The van der Waals surface area contributed by atoms with Gasteiger partial charge in [-0.05, 0) is 74.4 Å². The van der Waals surface area contributed by atoms with E-state index in [0.29, 0.717) is 32.1 Å². The van der Waals surface area contributed by atoms with E-state index in [1.807, 2.05) is 80.6 Å². The van der Waals surface area contributed by atoms with Gasteiger partial charge in [-0.15, -0.1) is 0 Å². The van der Waals surface area contributed by atoms with Crippen molar-refractivity contribution in [1.29, 1.82) is 0 Å². The van der Waals surface area contributed by atoms with E-state index in [0.717, 1.165) is 21.9 Å². The fraction of sp³-hybridized carbons (Fsp3) is 0.216. The van der Waals surface area contributed by atoms with Crippen LogP contribution in [-0.2, 0) is 16.1 Å². The number of ether oxygens (including phenoxy) is 3. The first-order chi connectivity index (χ1) is 22.2. The number of esters is 1. The van der Waals surface area contributed by atoms with Crippen molar-refractivity contribution in [2.75, 3.05) is 6.61 Å². The van der Waals surface area contributed by atoms with Gasteiger partial charge in [0.2, 0.25) is 0 Å². The fourth-order valence-electron chi connectivity index (χ4n) is 5.58. The molecule has 2 heterocycles. The quantitative estimate of drug-likeness (QED) is 0.174. The summed E-state index contributed by atoms with van der Waals surface area (Å²) in [6, 6.07) is 24.5. The van der Waals surface area contributed by atoms with E-state index in [4.69, 9.17) is 19.2 Å². The first-order valence-electron chi connectivity index (χ1n) is 15.1. The minimum atomic E-state index is -0.811. The van der Waals surface area contributed by atoms with Crippen LogP contribution < -0.4 is 24.4 Å². The molecule has 4 aromatic carbocycles. The van der Waals surface area contributed by atoms with Crippen LogP contribution in [-0.4, -0.2) is 23.2 Å². The third-order valence-corrected chi connectivity index (χ3v) is 8.59. The molecule has 0 fully saturated rings. The lowest BCUT2D eigenvalue weighted by molar-refractivity contribution is -0.139. The molecule has 0 radical (unpaired) electrons. The Morgan fingerprint density at radius 2 is 1.74 bits per heavy atom. The van der Waals surface area contributed by atoms with Crippen molar-refractivity contribution in [2.45, 2.75) is 46.4 Å². The Morgan fingerprint density at radius 3 is 2.50 bits per heavy atom. The van der Waals surface area contributed by atoms with E-state index in [-0.39, 0.29) is 36.3 Å². The SMILES string of the molecule is CCOC(=O)C1=C(C)N=c2s/c(=C\c3c(OCc4ccc(F)cc4)ccc4ccccc34)c(=O)n2[C@@H]1c1ccccc1OC(C)C. The standard InChI is InChI=1S/C37H33FN2O5S/c1-5-43-36(42)33-23(4)39-37-40(34(33)28-12-8-9-13-31(28)45-22(2)3)35(41)32(46-37)20-29-27-11-7-6-10-25(27)16-19-30(29)44-21-24-14-17-26(38)18-15-24/h6-20,22,34H,5,21H2,1-4H3/b32-20-/t34-/m1/s1. The summed E-state index contributed by atoms with van der Waals surface area (Å²) in [5, 5.41) is 1.88. The first kappa shape index (κ1) is 31.0. The van der Waals surface area contributed by atoms with Gasteiger partial charge in [0.15, 0.2) is 4.80 Å². The van der Waals surface area contributed by atoms with Gasteiger partial charge in [0, 0.05) is 11.1 Å². The monoisotopic (exact) mass is 636 g/mol. The molecule has 0 saturated carbocycles. The number of carbonyl (C=O) groups excluding carboxylic acids is 1. The number of rotatable bonds is 9. The van der Waals surface area contributed by atoms with Gasteiger partial charge < -0.3 is 14.2 Å². The molecule has 9 heteroatoms. The average Bonchev–Trinajstić information content (AvgIpc) is 3.34. The van der Waals surface area contributed by atoms with E-state index < -0.39 is 12.0 Å². The average molecular weight is 637 g/mol. The molecule has 1 atom stereocenters. The topological polar surface area (TPSA) is 79.1 Å². The molecule has 0 amide bonds. The Labute approximate surface area is 269 Å². The van der Waals surface area contributed by atoms with Crippen molar-refractivity contribution >= 4 is 34.2 Å². The third-order valence-electron chi connectivity index (χ3n) is 7.61. The lowest BCUT2D eigenvalue weighted by Crippen LogP contribution is -2.40. The molecule has 6 rings (SSSR count). The van der Waals surface area contributed by atoms with Gasteiger partial charge in [0.1, 0.15) is 30.0 Å². The number of aromatic nitrogens is 1. The second-order valence-corrected chi connectivity index (χ2v) is 12.1. The molecular formula is C37H33FN2O5S. The predicted octanol–water partition coefficient (Wildman–Crippen LogP) is 6.46. The zero-order valence-corrected chi connectivity index (χ0v) is 26.8. The molecule has 1 aliphatic rings. The number of hydrogen-bond donors (Lipinski definition) is 0. The summed E-state index contributed by atoms with van der Waals surface area (Å²) in [5.74, 6) is 0.292. The van der Waals surface area contributed by atoms with Crippen LogP contribution in [0, 0.1) is 5.82 Å². The van der Waals surface area contributed by atoms with E-state index in [1.165, 1.54) is 23.5 Å². The van der Waals surface area contributed by atoms with E-state index in [1.54, 1.807) is 30.5 Å². The van der Waals surface area contributed by atoms with Crippen LogP contribution in [0.15, 0.2) is 106 Å². The van der Waals surface area contributed by atoms with Crippen LogP contribution in [0.5, 0.6) is 11.5 Å². The molecule has 5 aromatic rings. The lowest BCUT2D eigenvalue weighted by Gasteiger charge is -2.26. The molecule has 0 bridgehead atoms. The number of para-hydroxylation sites is 1. The highest BCUT2D eigenvalue weighted by molar-refractivity contribution is 7.07. The molecule has 0 aliphatic carbocycles. The van der Waals surface area contributed by atoms with Gasteiger partial charge in [-0.2, -0.15) is 0 Å². The summed E-state index contributed by atoms with van der Waals surface area (Å²) >= 11 is 1.24. The number of carbonyl (C=O) groups is 1. The molecule has 1 aromatic heterocycles. The fourth-order valence-corrected chi connectivity index (χ4v) is 6.60. The maximum absolute atomic E-state index is 14.4. The smallest absolute Gasteiger partial charge is 0.338 e. The summed E-state index contributed by atoms with van der Waals surface area (Å²) in [6.07, 6.45) is 1.69. The van der Waals surface area contributed by atoms with Crippen molar-refractivity contribution in [3.63, 3.8) is 0 Å². The molecule has 0 unspecified atom stereocenters. The van der Waals surface area contributed by atoms with Crippen molar-refractivity contribution in [3.05, 3.63) is 138 Å².